The van der Waals surface area contributed by atoms with E-state index in [-0.39, 0.29) is 53.7 Å². The molecule has 3 saturated carbocycles. The number of anilines is 1. The molecule has 5 rings (SSSR count). The second kappa shape index (κ2) is 10.8. The van der Waals surface area contributed by atoms with Gasteiger partial charge in [0.05, 0.1) is 18.7 Å². The molecular formula is C34H47N3O6. The molecule has 0 saturated heterocycles. The SMILES string of the molecule is C=C[C@]1(C)C[C@@H](OC(=O)N2Cc3cc(NC(=O)C(N)C(C)C)ccc3C2=O)[C@@]2(C)C3C(=O)CC[C@@]3(CC[C@H]2C)[C@@H](C)[C@@H]1O. The number of nitrogens with zero attached hydrogens (tertiary/aromatic N) is 1. The average Bonchev–Trinajstić information content (AvgIpc) is 3.50. The lowest BCUT2D eigenvalue weighted by Gasteiger charge is -2.61. The highest BCUT2D eigenvalue weighted by molar-refractivity contribution is 6.07. The van der Waals surface area contributed by atoms with Gasteiger partial charge in [0.25, 0.3) is 5.91 Å². The van der Waals surface area contributed by atoms with Gasteiger partial charge in [-0.15, -0.1) is 6.58 Å². The number of amides is 3. The number of rotatable bonds is 5. The number of fused-ring (bicyclic) bond motifs is 1. The highest BCUT2D eigenvalue weighted by Crippen LogP contribution is 2.68. The number of benzene rings is 1. The standard InChI is InChI=1S/C34H47N3O6/c1-8-32(6)16-25(33(7)19(4)11-13-34(20(5)28(32)39)14-12-24(38)27(33)34)43-31(42)37-17-21-15-22(9-10-23(21)30(37)41)36-29(40)26(35)18(2)3/h8-10,15,18-20,25-28,39H,1,11-14,16-17,35H2,2-7H3,(H,36,40)/t19-,20+,25-,26?,27?,28+,32-,33+,34+/m1/s1. The minimum absolute atomic E-state index is 0.00336. The van der Waals surface area contributed by atoms with Crippen molar-refractivity contribution in [2.75, 3.05) is 5.32 Å². The number of nitrogens with one attached hydrogen (secondary N) is 1. The van der Waals surface area contributed by atoms with Crippen molar-refractivity contribution in [2.24, 2.45) is 45.7 Å². The zero-order chi connectivity index (χ0) is 31.6. The van der Waals surface area contributed by atoms with Gasteiger partial charge in [-0.05, 0) is 72.6 Å². The number of aliphatic hydroxyl groups is 1. The molecular weight excluding hydrogens is 546 g/mol. The Labute approximate surface area is 254 Å². The second-order valence-electron chi connectivity index (χ2n) is 14.5. The molecule has 234 valence electrons. The Morgan fingerprint density at radius 2 is 1.91 bits per heavy atom. The van der Waals surface area contributed by atoms with Gasteiger partial charge in [-0.3, -0.25) is 14.4 Å². The van der Waals surface area contributed by atoms with E-state index in [9.17, 15) is 24.3 Å². The number of carbonyl (C=O) groups excluding carboxylic acids is 4. The molecule has 9 heteroatoms. The molecule has 4 N–H and O–H groups in total. The predicted molar refractivity (Wildman–Crippen MR) is 163 cm³/mol. The Morgan fingerprint density at radius 3 is 2.56 bits per heavy atom. The van der Waals surface area contributed by atoms with Gasteiger partial charge >= 0.3 is 6.09 Å². The molecule has 4 aliphatic rings. The number of hydrogen-bond donors (Lipinski definition) is 3. The molecule has 1 aromatic rings. The topological polar surface area (TPSA) is 139 Å². The van der Waals surface area contributed by atoms with E-state index < -0.39 is 41.1 Å². The Morgan fingerprint density at radius 1 is 1.21 bits per heavy atom. The molecule has 1 aromatic carbocycles. The van der Waals surface area contributed by atoms with Crippen molar-refractivity contribution in [3.8, 4) is 0 Å². The third kappa shape index (κ3) is 4.74. The van der Waals surface area contributed by atoms with Crippen LogP contribution in [0.25, 0.3) is 0 Å². The predicted octanol–water partition coefficient (Wildman–Crippen LogP) is 5.06. The van der Waals surface area contributed by atoms with E-state index in [1.807, 2.05) is 20.8 Å². The normalized spacial score (nSPS) is 37.7. The van der Waals surface area contributed by atoms with Crippen LogP contribution < -0.4 is 11.1 Å². The van der Waals surface area contributed by atoms with E-state index in [2.05, 4.69) is 32.7 Å². The molecule has 0 spiro atoms. The van der Waals surface area contributed by atoms with Gasteiger partial charge in [-0.2, -0.15) is 0 Å². The molecule has 9 atom stereocenters. The Balaban J connectivity index is 1.44. The van der Waals surface area contributed by atoms with Crippen LogP contribution in [0.4, 0.5) is 10.5 Å². The van der Waals surface area contributed by atoms with Gasteiger partial charge in [-0.25, -0.2) is 9.69 Å². The van der Waals surface area contributed by atoms with Crippen LogP contribution in [0.5, 0.6) is 0 Å². The Hall–Kier alpha value is -3.04. The summed E-state index contributed by atoms with van der Waals surface area (Å²) in [6.07, 6.45) is 2.64. The van der Waals surface area contributed by atoms with Crippen molar-refractivity contribution in [1.82, 2.24) is 4.90 Å². The van der Waals surface area contributed by atoms with Crippen LogP contribution in [0.15, 0.2) is 30.9 Å². The first kappa shape index (κ1) is 31.4. The quantitative estimate of drug-likeness (QED) is 0.406. The molecule has 0 aromatic heterocycles. The summed E-state index contributed by atoms with van der Waals surface area (Å²) in [5.74, 6) is -1.07. The van der Waals surface area contributed by atoms with Crippen molar-refractivity contribution in [2.45, 2.75) is 98.4 Å². The molecule has 43 heavy (non-hydrogen) atoms. The summed E-state index contributed by atoms with van der Waals surface area (Å²) in [5, 5.41) is 14.5. The van der Waals surface area contributed by atoms with Crippen molar-refractivity contribution >= 4 is 29.4 Å². The van der Waals surface area contributed by atoms with Gasteiger partial charge in [0.1, 0.15) is 11.9 Å². The molecule has 3 aliphatic carbocycles. The summed E-state index contributed by atoms with van der Waals surface area (Å²) in [7, 11) is 0. The minimum Gasteiger partial charge on any atom is -0.445 e. The summed E-state index contributed by atoms with van der Waals surface area (Å²) >= 11 is 0. The summed E-state index contributed by atoms with van der Waals surface area (Å²) in [6, 6.07) is 4.23. The van der Waals surface area contributed by atoms with Crippen molar-refractivity contribution < 1.29 is 29.0 Å². The lowest BCUT2D eigenvalue weighted by atomic mass is 9.44. The highest BCUT2D eigenvalue weighted by atomic mass is 16.6. The molecule has 3 fully saturated rings. The summed E-state index contributed by atoms with van der Waals surface area (Å²) in [6.45, 7) is 16.0. The fourth-order valence-corrected chi connectivity index (χ4v) is 8.76. The van der Waals surface area contributed by atoms with E-state index in [1.165, 1.54) is 0 Å². The Bertz CT molecular complexity index is 1360. The summed E-state index contributed by atoms with van der Waals surface area (Å²) < 4.78 is 6.33. The maximum Gasteiger partial charge on any atom is 0.417 e. The van der Waals surface area contributed by atoms with Crippen LogP contribution in [-0.2, 0) is 20.9 Å². The minimum atomic E-state index is -0.775. The number of nitrogens with two attached hydrogens (primary N) is 1. The van der Waals surface area contributed by atoms with Crippen molar-refractivity contribution in [3.05, 3.63) is 42.0 Å². The van der Waals surface area contributed by atoms with E-state index in [0.717, 1.165) is 17.7 Å². The lowest BCUT2D eigenvalue weighted by Crippen LogP contribution is -2.63. The van der Waals surface area contributed by atoms with Crippen LogP contribution in [0.2, 0.25) is 0 Å². The van der Waals surface area contributed by atoms with Crippen molar-refractivity contribution in [1.29, 1.82) is 0 Å². The molecule has 2 bridgehead atoms. The van der Waals surface area contributed by atoms with Gasteiger partial charge in [0.2, 0.25) is 5.91 Å². The molecule has 1 aliphatic heterocycles. The molecule has 3 amide bonds. The van der Waals surface area contributed by atoms with Gasteiger partial charge in [0.15, 0.2) is 0 Å². The summed E-state index contributed by atoms with van der Waals surface area (Å²) in [4.78, 5) is 54.5. The maximum atomic E-state index is 13.9. The fraction of sp³-hybridized carbons (Fsp3) is 0.647. The molecule has 0 radical (unpaired) electrons. The lowest BCUT2D eigenvalue weighted by molar-refractivity contribution is -0.192. The molecule has 2 unspecified atom stereocenters. The largest absolute Gasteiger partial charge is 0.445 e. The van der Waals surface area contributed by atoms with Gasteiger partial charge in [-0.1, -0.05) is 47.6 Å². The maximum absolute atomic E-state index is 13.9. The van der Waals surface area contributed by atoms with Crippen LogP contribution in [0.3, 0.4) is 0 Å². The number of imide groups is 1. The van der Waals surface area contributed by atoms with E-state index in [1.54, 1.807) is 24.3 Å². The zero-order valence-corrected chi connectivity index (χ0v) is 26.3. The fourth-order valence-electron chi connectivity index (χ4n) is 8.76. The number of hydrogen-bond acceptors (Lipinski definition) is 7. The molecule has 9 nitrogen and oxygen atoms in total. The summed E-state index contributed by atoms with van der Waals surface area (Å²) in [5.41, 5.74) is 5.60. The number of Topliss-reactive ketones (excluding diaryl/α,β-unsaturated/α-hetero) is 1. The smallest absolute Gasteiger partial charge is 0.417 e. The number of aliphatic hydroxyl groups excluding tert-OH is 1. The van der Waals surface area contributed by atoms with E-state index >= 15 is 0 Å². The average molecular weight is 594 g/mol. The first-order valence-corrected chi connectivity index (χ1v) is 15.7. The van der Waals surface area contributed by atoms with Gasteiger partial charge in [0, 0.05) is 34.4 Å². The van der Waals surface area contributed by atoms with Crippen LogP contribution in [0, 0.1) is 39.9 Å². The first-order valence-electron chi connectivity index (χ1n) is 15.7. The number of ketones is 1. The third-order valence-electron chi connectivity index (χ3n) is 12.0. The van der Waals surface area contributed by atoms with Crippen LogP contribution in [-0.4, -0.2) is 51.9 Å². The van der Waals surface area contributed by atoms with E-state index in [0.29, 0.717) is 29.7 Å². The van der Waals surface area contributed by atoms with E-state index in [4.69, 9.17) is 10.5 Å². The second-order valence-corrected chi connectivity index (χ2v) is 14.5. The van der Waals surface area contributed by atoms with Gasteiger partial charge < -0.3 is 20.9 Å². The zero-order valence-electron chi connectivity index (χ0n) is 26.3. The highest BCUT2D eigenvalue weighted by Gasteiger charge is 2.68. The molecule has 1 heterocycles. The Kier molecular flexibility index (Phi) is 7.91. The monoisotopic (exact) mass is 593 g/mol. The third-order valence-corrected chi connectivity index (χ3v) is 12.0. The van der Waals surface area contributed by atoms with Crippen molar-refractivity contribution in [3.63, 3.8) is 0 Å². The number of carbonyl (C=O) groups is 4. The van der Waals surface area contributed by atoms with Crippen LogP contribution in [0.1, 0.15) is 89.6 Å². The first-order chi connectivity index (χ1) is 20.1. The van der Waals surface area contributed by atoms with Crippen LogP contribution >= 0.6 is 0 Å². The number of ether oxygens (including phenoxy) is 1.